The first-order chi connectivity index (χ1) is 11.0. The largest absolute Gasteiger partial charge is 0.462 e. The molecule has 124 valence electrons. The zero-order valence-electron chi connectivity index (χ0n) is 13.2. The summed E-state index contributed by atoms with van der Waals surface area (Å²) in [6, 6.07) is 1.36. The predicted octanol–water partition coefficient (Wildman–Crippen LogP) is 1.50. The smallest absolute Gasteiger partial charge is 0.340 e. The molecular weight excluding hydrogens is 300 g/mol. The number of pyridine rings is 1. The van der Waals surface area contributed by atoms with E-state index >= 15 is 0 Å². The van der Waals surface area contributed by atoms with Gasteiger partial charge in [-0.25, -0.2) is 9.59 Å². The fourth-order valence-corrected chi connectivity index (χ4v) is 1.55. The molecule has 1 atom stereocenters. The van der Waals surface area contributed by atoms with Crippen molar-refractivity contribution in [3.8, 4) is 0 Å². The van der Waals surface area contributed by atoms with Crippen molar-refractivity contribution in [1.29, 1.82) is 0 Å². The molecule has 1 heterocycles. The maximum absolute atomic E-state index is 12.0. The Hall–Kier alpha value is -2.70. The molecule has 0 spiro atoms. The van der Waals surface area contributed by atoms with Gasteiger partial charge in [-0.05, 0) is 25.5 Å². The van der Waals surface area contributed by atoms with Gasteiger partial charge in [-0.2, -0.15) is 0 Å². The summed E-state index contributed by atoms with van der Waals surface area (Å²) in [7, 11) is 0. The second kappa shape index (κ2) is 9.34. The molecule has 0 saturated carbocycles. The van der Waals surface area contributed by atoms with E-state index in [4.69, 9.17) is 9.47 Å². The third-order valence-electron chi connectivity index (χ3n) is 2.70. The van der Waals surface area contributed by atoms with Gasteiger partial charge in [0.25, 0.3) is 0 Å². The Morgan fingerprint density at radius 3 is 2.57 bits per heavy atom. The van der Waals surface area contributed by atoms with Crippen LogP contribution in [0.4, 0.5) is 0 Å². The van der Waals surface area contributed by atoms with Crippen LogP contribution >= 0.6 is 0 Å². The third kappa shape index (κ3) is 6.29. The number of esters is 2. The number of hydrogen-bond donors (Lipinski definition) is 1. The zero-order chi connectivity index (χ0) is 17.2. The summed E-state index contributed by atoms with van der Waals surface area (Å²) in [4.78, 5) is 38.6. The van der Waals surface area contributed by atoms with Gasteiger partial charge < -0.3 is 14.8 Å². The van der Waals surface area contributed by atoms with Gasteiger partial charge in [0, 0.05) is 12.4 Å². The second-order valence-electron chi connectivity index (χ2n) is 4.76. The summed E-state index contributed by atoms with van der Waals surface area (Å²) in [5.41, 5.74) is 0.318. The Morgan fingerprint density at radius 2 is 1.96 bits per heavy atom. The fraction of sp³-hybridized carbons (Fsp3) is 0.375. The number of hydrogen-bond acceptors (Lipinski definition) is 6. The van der Waals surface area contributed by atoms with E-state index in [1.54, 1.807) is 6.92 Å². The van der Waals surface area contributed by atoms with Gasteiger partial charge in [0.05, 0.1) is 24.3 Å². The summed E-state index contributed by atoms with van der Waals surface area (Å²) >= 11 is 0. The standard InChI is InChI=1S/C16H20N2O5/c1-4-6-22-15(20)12-7-13(10-17-9-12)16(21)23-11(3)8-18-14(19)5-2/h5,7,9-11H,2,4,6,8H2,1,3H3,(H,18,19). The van der Waals surface area contributed by atoms with Crippen LogP contribution in [0.25, 0.3) is 0 Å². The van der Waals surface area contributed by atoms with Crippen molar-refractivity contribution in [1.82, 2.24) is 10.3 Å². The van der Waals surface area contributed by atoms with Gasteiger partial charge in [-0.15, -0.1) is 0 Å². The van der Waals surface area contributed by atoms with Crippen LogP contribution in [-0.4, -0.2) is 42.1 Å². The van der Waals surface area contributed by atoms with Crippen LogP contribution in [0.2, 0.25) is 0 Å². The number of amides is 1. The third-order valence-corrected chi connectivity index (χ3v) is 2.70. The maximum Gasteiger partial charge on any atom is 0.340 e. The normalized spacial score (nSPS) is 11.2. The minimum Gasteiger partial charge on any atom is -0.462 e. The molecule has 0 saturated heterocycles. The van der Waals surface area contributed by atoms with Gasteiger partial charge in [0.2, 0.25) is 5.91 Å². The lowest BCUT2D eigenvalue weighted by atomic mass is 10.2. The van der Waals surface area contributed by atoms with E-state index in [9.17, 15) is 14.4 Å². The number of ether oxygens (including phenoxy) is 2. The Balaban J connectivity index is 2.64. The van der Waals surface area contributed by atoms with Crippen molar-refractivity contribution in [2.24, 2.45) is 0 Å². The Morgan fingerprint density at radius 1 is 1.30 bits per heavy atom. The molecule has 1 unspecified atom stereocenters. The van der Waals surface area contributed by atoms with E-state index in [1.165, 1.54) is 18.5 Å². The van der Waals surface area contributed by atoms with E-state index in [1.807, 2.05) is 6.92 Å². The highest BCUT2D eigenvalue weighted by atomic mass is 16.5. The summed E-state index contributed by atoms with van der Waals surface area (Å²) in [6.45, 7) is 7.29. The number of carbonyl (C=O) groups excluding carboxylic acids is 3. The Bertz CT molecular complexity index is 586. The molecule has 7 nitrogen and oxygen atoms in total. The van der Waals surface area contributed by atoms with Crippen LogP contribution < -0.4 is 5.32 Å². The first kappa shape index (κ1) is 18.3. The van der Waals surface area contributed by atoms with Crippen LogP contribution in [0.3, 0.4) is 0 Å². The molecule has 23 heavy (non-hydrogen) atoms. The van der Waals surface area contributed by atoms with Crippen LogP contribution in [0.15, 0.2) is 31.1 Å². The SMILES string of the molecule is C=CC(=O)NCC(C)OC(=O)c1cncc(C(=O)OCCC)c1. The summed E-state index contributed by atoms with van der Waals surface area (Å²) in [5, 5.41) is 2.52. The first-order valence-electron chi connectivity index (χ1n) is 7.21. The van der Waals surface area contributed by atoms with Gasteiger partial charge in [0.1, 0.15) is 6.10 Å². The second-order valence-corrected chi connectivity index (χ2v) is 4.76. The van der Waals surface area contributed by atoms with Crippen molar-refractivity contribution < 1.29 is 23.9 Å². The molecule has 1 rings (SSSR count). The zero-order valence-corrected chi connectivity index (χ0v) is 13.2. The monoisotopic (exact) mass is 320 g/mol. The van der Waals surface area contributed by atoms with E-state index in [2.05, 4.69) is 16.9 Å². The molecular formula is C16H20N2O5. The quantitative estimate of drug-likeness (QED) is 0.576. The molecule has 1 N–H and O–H groups in total. The molecule has 0 aliphatic heterocycles. The van der Waals surface area contributed by atoms with E-state index in [-0.39, 0.29) is 23.6 Å². The fourth-order valence-electron chi connectivity index (χ4n) is 1.55. The lowest BCUT2D eigenvalue weighted by molar-refractivity contribution is -0.116. The molecule has 0 aliphatic carbocycles. The summed E-state index contributed by atoms with van der Waals surface area (Å²) in [6.07, 6.45) is 3.91. The van der Waals surface area contributed by atoms with Crippen LogP contribution in [-0.2, 0) is 14.3 Å². The highest BCUT2D eigenvalue weighted by Crippen LogP contribution is 2.08. The van der Waals surface area contributed by atoms with Gasteiger partial charge in [0.15, 0.2) is 0 Å². The average Bonchev–Trinajstić information content (AvgIpc) is 2.57. The average molecular weight is 320 g/mol. The number of aromatic nitrogens is 1. The molecule has 7 heteroatoms. The van der Waals surface area contributed by atoms with Crippen molar-refractivity contribution in [2.45, 2.75) is 26.4 Å². The van der Waals surface area contributed by atoms with E-state index in [0.717, 1.165) is 6.08 Å². The van der Waals surface area contributed by atoms with Crippen molar-refractivity contribution >= 4 is 17.8 Å². The molecule has 0 fully saturated rings. The lowest BCUT2D eigenvalue weighted by Crippen LogP contribution is -2.32. The number of nitrogens with one attached hydrogen (secondary N) is 1. The van der Waals surface area contributed by atoms with Crippen LogP contribution in [0, 0.1) is 0 Å². The van der Waals surface area contributed by atoms with Crippen molar-refractivity contribution in [2.75, 3.05) is 13.2 Å². The predicted molar refractivity (Wildman–Crippen MR) is 82.9 cm³/mol. The highest BCUT2D eigenvalue weighted by Gasteiger charge is 2.16. The Labute approximate surface area is 134 Å². The molecule has 1 amide bonds. The number of rotatable bonds is 8. The summed E-state index contributed by atoms with van der Waals surface area (Å²) < 4.78 is 10.1. The topological polar surface area (TPSA) is 94.6 Å². The molecule has 0 radical (unpaired) electrons. The van der Waals surface area contributed by atoms with Crippen LogP contribution in [0.1, 0.15) is 41.0 Å². The molecule has 0 aromatic carbocycles. The molecule has 0 bridgehead atoms. The minimum atomic E-state index is -0.636. The minimum absolute atomic E-state index is 0.137. The molecule has 0 aliphatic rings. The molecule has 1 aromatic rings. The summed E-state index contributed by atoms with van der Waals surface area (Å²) in [5.74, 6) is -1.53. The van der Waals surface area contributed by atoms with Crippen molar-refractivity contribution in [3.63, 3.8) is 0 Å². The molecule has 1 aromatic heterocycles. The van der Waals surface area contributed by atoms with E-state index < -0.39 is 18.0 Å². The lowest BCUT2D eigenvalue weighted by Gasteiger charge is -2.13. The van der Waals surface area contributed by atoms with Crippen LogP contribution in [0.5, 0.6) is 0 Å². The number of carbonyl (C=O) groups is 3. The van der Waals surface area contributed by atoms with Gasteiger partial charge in [-0.1, -0.05) is 13.5 Å². The van der Waals surface area contributed by atoms with Gasteiger partial charge >= 0.3 is 11.9 Å². The van der Waals surface area contributed by atoms with Gasteiger partial charge in [-0.3, -0.25) is 9.78 Å². The van der Waals surface area contributed by atoms with Crippen molar-refractivity contribution in [3.05, 3.63) is 42.2 Å². The Kier molecular flexibility index (Phi) is 7.45. The van der Waals surface area contributed by atoms with E-state index in [0.29, 0.717) is 13.0 Å². The number of nitrogens with zero attached hydrogens (tertiary/aromatic N) is 1. The highest BCUT2D eigenvalue weighted by molar-refractivity contribution is 5.94. The first-order valence-corrected chi connectivity index (χ1v) is 7.21. The maximum atomic E-state index is 12.0.